The molecule has 1 aromatic rings. The minimum atomic E-state index is 0.116. The van der Waals surface area contributed by atoms with E-state index in [1.54, 1.807) is 7.11 Å². The number of nitrogens with one attached hydrogen (secondary N) is 1. The van der Waals surface area contributed by atoms with Crippen molar-refractivity contribution in [3.8, 4) is 0 Å². The van der Waals surface area contributed by atoms with Crippen molar-refractivity contribution in [2.24, 2.45) is 5.84 Å². The molecule has 2 unspecified atom stereocenters. The van der Waals surface area contributed by atoms with Gasteiger partial charge >= 0.3 is 0 Å². The van der Waals surface area contributed by atoms with Gasteiger partial charge in [-0.15, -0.1) is 0 Å². The molecule has 0 aliphatic heterocycles. The van der Waals surface area contributed by atoms with Crippen molar-refractivity contribution in [1.82, 2.24) is 15.2 Å². The third-order valence-electron chi connectivity index (χ3n) is 2.77. The molecule has 0 saturated carbocycles. The summed E-state index contributed by atoms with van der Waals surface area (Å²) in [7, 11) is 1.67. The summed E-state index contributed by atoms with van der Waals surface area (Å²) < 4.78 is 7.06. The Morgan fingerprint density at radius 2 is 2.38 bits per heavy atom. The molecule has 0 amide bonds. The Morgan fingerprint density at radius 3 is 2.94 bits per heavy atom. The first-order valence-electron chi connectivity index (χ1n) is 5.70. The average Bonchev–Trinajstić information content (AvgIpc) is 2.76. The van der Waals surface area contributed by atoms with Gasteiger partial charge in [-0.05, 0) is 19.4 Å². The van der Waals surface area contributed by atoms with E-state index in [1.807, 2.05) is 16.9 Å². The Labute approximate surface area is 96.9 Å². The first-order valence-corrected chi connectivity index (χ1v) is 5.70. The zero-order chi connectivity index (χ0) is 12.0. The van der Waals surface area contributed by atoms with Crippen molar-refractivity contribution in [2.75, 3.05) is 13.7 Å². The first-order chi connectivity index (χ1) is 7.71. The standard InChI is InChI=1S/C11H22N4O/c1-4-9(2)15-6-5-10(14-15)7-11(13-12)8-16-3/h5-6,9,11,13H,4,7-8,12H2,1-3H3. The zero-order valence-corrected chi connectivity index (χ0v) is 10.3. The summed E-state index contributed by atoms with van der Waals surface area (Å²) in [5.74, 6) is 5.43. The van der Waals surface area contributed by atoms with Crippen LogP contribution in [0.3, 0.4) is 0 Å². The lowest BCUT2D eigenvalue weighted by Crippen LogP contribution is -2.40. The fraction of sp³-hybridized carbons (Fsp3) is 0.727. The fourth-order valence-electron chi connectivity index (χ4n) is 1.54. The van der Waals surface area contributed by atoms with E-state index >= 15 is 0 Å². The van der Waals surface area contributed by atoms with Gasteiger partial charge < -0.3 is 4.74 Å². The highest BCUT2D eigenvalue weighted by Crippen LogP contribution is 2.10. The van der Waals surface area contributed by atoms with E-state index in [0.29, 0.717) is 12.6 Å². The predicted octanol–water partition coefficient (Wildman–Crippen LogP) is 0.875. The number of nitrogens with two attached hydrogens (primary N) is 1. The highest BCUT2D eigenvalue weighted by Gasteiger charge is 2.10. The maximum atomic E-state index is 5.43. The number of rotatable bonds is 7. The third kappa shape index (κ3) is 3.59. The fourth-order valence-corrected chi connectivity index (χ4v) is 1.54. The highest BCUT2D eigenvalue weighted by atomic mass is 16.5. The first kappa shape index (κ1) is 13.2. The van der Waals surface area contributed by atoms with Gasteiger partial charge in [0.1, 0.15) is 0 Å². The minimum absolute atomic E-state index is 0.116. The summed E-state index contributed by atoms with van der Waals surface area (Å²) in [4.78, 5) is 0. The number of hydrazine groups is 1. The van der Waals surface area contributed by atoms with Crippen molar-refractivity contribution in [3.63, 3.8) is 0 Å². The summed E-state index contributed by atoms with van der Waals surface area (Å²) in [6, 6.07) is 2.59. The van der Waals surface area contributed by atoms with Gasteiger partial charge in [0.25, 0.3) is 0 Å². The summed E-state index contributed by atoms with van der Waals surface area (Å²) in [5.41, 5.74) is 3.77. The summed E-state index contributed by atoms with van der Waals surface area (Å²) in [5, 5.41) is 4.52. The number of methoxy groups -OCH3 is 1. The zero-order valence-electron chi connectivity index (χ0n) is 10.3. The normalized spacial score (nSPS) is 15.0. The van der Waals surface area contributed by atoms with Crippen LogP contribution in [0.1, 0.15) is 32.0 Å². The van der Waals surface area contributed by atoms with Crippen LogP contribution in [-0.4, -0.2) is 29.5 Å². The van der Waals surface area contributed by atoms with Crippen LogP contribution in [0.2, 0.25) is 0 Å². The van der Waals surface area contributed by atoms with Crippen LogP contribution in [0.4, 0.5) is 0 Å². The van der Waals surface area contributed by atoms with E-state index in [4.69, 9.17) is 10.6 Å². The van der Waals surface area contributed by atoms with E-state index in [-0.39, 0.29) is 6.04 Å². The Bertz CT molecular complexity index is 300. The topological polar surface area (TPSA) is 65.1 Å². The molecular formula is C11H22N4O. The van der Waals surface area contributed by atoms with E-state index < -0.39 is 0 Å². The molecule has 0 bridgehead atoms. The monoisotopic (exact) mass is 226 g/mol. The maximum absolute atomic E-state index is 5.43. The predicted molar refractivity (Wildman–Crippen MR) is 63.9 cm³/mol. The highest BCUT2D eigenvalue weighted by molar-refractivity contribution is 5.02. The summed E-state index contributed by atoms with van der Waals surface area (Å²) in [6.45, 7) is 4.90. The largest absolute Gasteiger partial charge is 0.383 e. The molecule has 5 nitrogen and oxygen atoms in total. The number of hydrogen-bond acceptors (Lipinski definition) is 4. The lowest BCUT2D eigenvalue weighted by molar-refractivity contribution is 0.166. The van der Waals surface area contributed by atoms with Gasteiger partial charge in [0.15, 0.2) is 0 Å². The molecule has 0 spiro atoms. The van der Waals surface area contributed by atoms with Gasteiger partial charge in [-0.25, -0.2) is 0 Å². The van der Waals surface area contributed by atoms with Gasteiger partial charge in [0, 0.05) is 25.8 Å². The van der Waals surface area contributed by atoms with Crippen molar-refractivity contribution in [1.29, 1.82) is 0 Å². The quantitative estimate of drug-likeness (QED) is 0.535. The van der Waals surface area contributed by atoms with E-state index in [1.165, 1.54) is 0 Å². The van der Waals surface area contributed by atoms with Crippen molar-refractivity contribution in [3.05, 3.63) is 18.0 Å². The number of hydrogen-bond donors (Lipinski definition) is 2. The molecule has 5 heteroatoms. The van der Waals surface area contributed by atoms with Crippen molar-refractivity contribution in [2.45, 2.75) is 38.8 Å². The SMILES string of the molecule is CCC(C)n1ccc(CC(COC)NN)n1. The molecule has 0 aliphatic carbocycles. The van der Waals surface area contributed by atoms with E-state index in [9.17, 15) is 0 Å². The van der Waals surface area contributed by atoms with Crippen LogP contribution < -0.4 is 11.3 Å². The van der Waals surface area contributed by atoms with Crippen LogP contribution in [-0.2, 0) is 11.2 Å². The molecular weight excluding hydrogens is 204 g/mol. The Kier molecular flexibility index (Phi) is 5.45. The lowest BCUT2D eigenvalue weighted by Gasteiger charge is -2.13. The molecule has 2 atom stereocenters. The second-order valence-corrected chi connectivity index (χ2v) is 4.07. The number of ether oxygens (including phenoxy) is 1. The van der Waals surface area contributed by atoms with Crippen LogP contribution in [0.25, 0.3) is 0 Å². The second-order valence-electron chi connectivity index (χ2n) is 4.07. The minimum Gasteiger partial charge on any atom is -0.383 e. The van der Waals surface area contributed by atoms with Crippen LogP contribution >= 0.6 is 0 Å². The second kappa shape index (κ2) is 6.62. The molecule has 0 aromatic carbocycles. The van der Waals surface area contributed by atoms with Gasteiger partial charge in [-0.2, -0.15) is 5.10 Å². The Hall–Kier alpha value is -0.910. The molecule has 1 rings (SSSR count). The van der Waals surface area contributed by atoms with Crippen LogP contribution in [0.15, 0.2) is 12.3 Å². The molecule has 3 N–H and O–H groups in total. The average molecular weight is 226 g/mol. The molecule has 1 heterocycles. The van der Waals surface area contributed by atoms with Gasteiger partial charge in [0.05, 0.1) is 18.3 Å². The number of nitrogens with zero attached hydrogens (tertiary/aromatic N) is 2. The maximum Gasteiger partial charge on any atom is 0.0641 e. The number of aromatic nitrogens is 2. The Balaban J connectivity index is 2.56. The molecule has 0 saturated heterocycles. The van der Waals surface area contributed by atoms with Crippen LogP contribution in [0, 0.1) is 0 Å². The van der Waals surface area contributed by atoms with Crippen LogP contribution in [0.5, 0.6) is 0 Å². The smallest absolute Gasteiger partial charge is 0.0641 e. The lowest BCUT2D eigenvalue weighted by atomic mass is 10.2. The van der Waals surface area contributed by atoms with E-state index in [2.05, 4.69) is 24.4 Å². The van der Waals surface area contributed by atoms with Crippen molar-refractivity contribution < 1.29 is 4.74 Å². The molecule has 1 aromatic heterocycles. The Morgan fingerprint density at radius 1 is 1.62 bits per heavy atom. The third-order valence-corrected chi connectivity index (χ3v) is 2.77. The van der Waals surface area contributed by atoms with Gasteiger partial charge in [-0.3, -0.25) is 16.0 Å². The molecule has 16 heavy (non-hydrogen) atoms. The summed E-state index contributed by atoms with van der Waals surface area (Å²) in [6.07, 6.45) is 3.88. The van der Waals surface area contributed by atoms with E-state index in [0.717, 1.165) is 18.5 Å². The van der Waals surface area contributed by atoms with Gasteiger partial charge in [-0.1, -0.05) is 6.92 Å². The molecule has 0 aliphatic rings. The molecule has 0 fully saturated rings. The molecule has 0 radical (unpaired) electrons. The summed E-state index contributed by atoms with van der Waals surface area (Å²) >= 11 is 0. The van der Waals surface area contributed by atoms with Crippen molar-refractivity contribution >= 4 is 0 Å². The van der Waals surface area contributed by atoms with Gasteiger partial charge in [0.2, 0.25) is 0 Å². The molecule has 92 valence electrons.